The number of nitrogens with zero attached hydrogens (tertiary/aromatic N) is 3. The molecule has 26 heavy (non-hydrogen) atoms. The second kappa shape index (κ2) is 7.57. The van der Waals surface area contributed by atoms with Gasteiger partial charge in [-0.15, -0.1) is 0 Å². The molecule has 3 aromatic rings. The first-order valence-corrected chi connectivity index (χ1v) is 8.26. The molecule has 0 aliphatic heterocycles. The standard InChI is InChI=1S/C16H15N7O2S/c1-18-12(17)11-14(25)23-26-15(11)22-16-19-7-9(8-20-16)13(24)21-10-5-3-2-4-6-10/h2-8H,1H3,(H2,17,18)(H,21,24)(H,23,25)(H,19,20,22). The van der Waals surface area contributed by atoms with Crippen LogP contribution >= 0.6 is 11.5 Å². The summed E-state index contributed by atoms with van der Waals surface area (Å²) in [5.41, 5.74) is 1.21. The number of para-hydroxylation sites is 1. The third kappa shape index (κ3) is 3.75. The number of carbonyl (C=O) groups excluding carboxylic acids is 1. The third-order valence-corrected chi connectivity index (χ3v) is 4.10. The Labute approximate surface area is 152 Å². The second-order valence-corrected chi connectivity index (χ2v) is 5.85. The van der Waals surface area contributed by atoms with Crippen molar-refractivity contribution in [2.75, 3.05) is 17.7 Å². The van der Waals surface area contributed by atoms with E-state index in [1.54, 1.807) is 19.2 Å². The predicted octanol–water partition coefficient (Wildman–Crippen LogP) is 2.18. The number of aromatic hydroxyl groups is 1. The number of hydrogen-bond donors (Lipinski definition) is 5. The summed E-state index contributed by atoms with van der Waals surface area (Å²) in [6.07, 6.45) is 2.77. The highest BCUT2D eigenvalue weighted by Gasteiger charge is 2.18. The number of rotatable bonds is 5. The van der Waals surface area contributed by atoms with E-state index in [-0.39, 0.29) is 29.1 Å². The smallest absolute Gasteiger partial charge is 0.258 e. The molecule has 3 rings (SSSR count). The molecule has 5 N–H and O–H groups in total. The number of hydrogen-bond acceptors (Lipinski definition) is 8. The molecule has 0 aliphatic rings. The van der Waals surface area contributed by atoms with Crippen molar-refractivity contribution in [1.82, 2.24) is 19.7 Å². The molecule has 10 heteroatoms. The Morgan fingerprint density at radius 3 is 2.54 bits per heavy atom. The number of amidine groups is 1. The molecule has 1 aromatic carbocycles. The molecule has 0 fully saturated rings. The Bertz CT molecular complexity index is 926. The van der Waals surface area contributed by atoms with Crippen LogP contribution in [0.3, 0.4) is 0 Å². The van der Waals surface area contributed by atoms with Crippen molar-refractivity contribution in [2.24, 2.45) is 0 Å². The third-order valence-electron chi connectivity index (χ3n) is 3.35. The molecular formula is C16H15N7O2S. The number of carbonyl (C=O) groups is 1. The van der Waals surface area contributed by atoms with Crippen LogP contribution in [0.2, 0.25) is 0 Å². The lowest BCUT2D eigenvalue weighted by Gasteiger charge is -2.07. The van der Waals surface area contributed by atoms with E-state index in [4.69, 9.17) is 5.41 Å². The lowest BCUT2D eigenvalue weighted by Crippen LogP contribution is -2.18. The highest BCUT2D eigenvalue weighted by molar-refractivity contribution is 7.11. The zero-order valence-electron chi connectivity index (χ0n) is 13.6. The molecule has 0 aliphatic carbocycles. The highest BCUT2D eigenvalue weighted by atomic mass is 32.1. The number of anilines is 3. The molecule has 2 aromatic heterocycles. The van der Waals surface area contributed by atoms with Gasteiger partial charge >= 0.3 is 0 Å². The largest absolute Gasteiger partial charge is 0.492 e. The Balaban J connectivity index is 1.72. The quantitative estimate of drug-likeness (QED) is 0.343. The summed E-state index contributed by atoms with van der Waals surface area (Å²) in [5.74, 6) is -0.348. The predicted molar refractivity (Wildman–Crippen MR) is 99.4 cm³/mol. The van der Waals surface area contributed by atoms with E-state index in [1.807, 2.05) is 18.2 Å². The monoisotopic (exact) mass is 369 g/mol. The molecule has 0 atom stereocenters. The van der Waals surface area contributed by atoms with Gasteiger partial charge in [0.1, 0.15) is 16.4 Å². The van der Waals surface area contributed by atoms with Crippen LogP contribution in [-0.2, 0) is 0 Å². The summed E-state index contributed by atoms with van der Waals surface area (Å²) in [5, 5.41) is 26.2. The number of nitrogens with one attached hydrogen (secondary N) is 4. The van der Waals surface area contributed by atoms with E-state index < -0.39 is 0 Å². The maximum absolute atomic E-state index is 12.2. The van der Waals surface area contributed by atoms with Gasteiger partial charge < -0.3 is 21.1 Å². The number of benzene rings is 1. The molecule has 0 unspecified atom stereocenters. The zero-order chi connectivity index (χ0) is 18.5. The lowest BCUT2D eigenvalue weighted by molar-refractivity contribution is 0.102. The van der Waals surface area contributed by atoms with E-state index in [0.29, 0.717) is 16.3 Å². The lowest BCUT2D eigenvalue weighted by atomic mass is 10.3. The summed E-state index contributed by atoms with van der Waals surface area (Å²) in [6.45, 7) is 0. The van der Waals surface area contributed by atoms with Gasteiger partial charge in [0.2, 0.25) is 11.8 Å². The van der Waals surface area contributed by atoms with Gasteiger partial charge in [0.25, 0.3) is 5.91 Å². The molecule has 1 amide bonds. The fourth-order valence-electron chi connectivity index (χ4n) is 2.05. The molecule has 0 saturated heterocycles. The minimum Gasteiger partial charge on any atom is -0.492 e. The SMILES string of the molecule is CNC(=N)c1c(O)nsc1Nc1ncc(C(=O)Nc2ccccc2)cn1. The van der Waals surface area contributed by atoms with Gasteiger partial charge in [-0.2, -0.15) is 4.37 Å². The van der Waals surface area contributed by atoms with Crippen molar-refractivity contribution in [2.45, 2.75) is 0 Å². The van der Waals surface area contributed by atoms with Crippen LogP contribution in [-0.4, -0.2) is 38.2 Å². The Morgan fingerprint density at radius 1 is 1.19 bits per heavy atom. The van der Waals surface area contributed by atoms with Crippen molar-refractivity contribution in [3.05, 3.63) is 53.9 Å². The molecule has 132 valence electrons. The van der Waals surface area contributed by atoms with Crippen LogP contribution in [0.5, 0.6) is 5.88 Å². The van der Waals surface area contributed by atoms with Crippen LogP contribution in [0.15, 0.2) is 42.7 Å². The van der Waals surface area contributed by atoms with Crippen molar-refractivity contribution >= 4 is 39.9 Å². The Morgan fingerprint density at radius 2 is 1.88 bits per heavy atom. The minimum absolute atomic E-state index is 0.0117. The van der Waals surface area contributed by atoms with Crippen LogP contribution < -0.4 is 16.0 Å². The van der Waals surface area contributed by atoms with Crippen molar-refractivity contribution in [1.29, 1.82) is 5.41 Å². The fourth-order valence-corrected chi connectivity index (χ4v) is 2.74. The number of amides is 1. The van der Waals surface area contributed by atoms with E-state index >= 15 is 0 Å². The molecule has 0 radical (unpaired) electrons. The maximum Gasteiger partial charge on any atom is 0.258 e. The van der Waals surface area contributed by atoms with E-state index in [2.05, 4.69) is 30.3 Å². The van der Waals surface area contributed by atoms with E-state index in [0.717, 1.165) is 11.5 Å². The van der Waals surface area contributed by atoms with Gasteiger partial charge in [-0.25, -0.2) is 9.97 Å². The van der Waals surface area contributed by atoms with Gasteiger partial charge in [0.05, 0.1) is 5.56 Å². The first-order valence-electron chi connectivity index (χ1n) is 7.49. The summed E-state index contributed by atoms with van der Waals surface area (Å²) >= 11 is 0.976. The summed E-state index contributed by atoms with van der Waals surface area (Å²) in [6, 6.07) is 9.07. The average molecular weight is 369 g/mol. The van der Waals surface area contributed by atoms with Gasteiger partial charge in [0.15, 0.2) is 0 Å². The van der Waals surface area contributed by atoms with Crippen LogP contribution in [0.1, 0.15) is 15.9 Å². The zero-order valence-corrected chi connectivity index (χ0v) is 14.5. The normalized spacial score (nSPS) is 10.2. The summed E-state index contributed by atoms with van der Waals surface area (Å²) in [7, 11) is 1.57. The molecule has 0 spiro atoms. The van der Waals surface area contributed by atoms with Crippen molar-refractivity contribution in [3.8, 4) is 5.88 Å². The van der Waals surface area contributed by atoms with Crippen molar-refractivity contribution < 1.29 is 9.90 Å². The molecular weight excluding hydrogens is 354 g/mol. The molecule has 2 heterocycles. The van der Waals surface area contributed by atoms with Crippen LogP contribution in [0.4, 0.5) is 16.6 Å². The Hall–Kier alpha value is -3.53. The summed E-state index contributed by atoms with van der Waals surface area (Å²) in [4.78, 5) is 20.4. The van der Waals surface area contributed by atoms with Gasteiger partial charge in [-0.1, -0.05) is 18.2 Å². The second-order valence-electron chi connectivity index (χ2n) is 5.08. The maximum atomic E-state index is 12.2. The van der Waals surface area contributed by atoms with Gasteiger partial charge in [0, 0.05) is 25.1 Å². The van der Waals surface area contributed by atoms with Crippen molar-refractivity contribution in [3.63, 3.8) is 0 Å². The molecule has 0 saturated carbocycles. The highest BCUT2D eigenvalue weighted by Crippen LogP contribution is 2.30. The first-order chi connectivity index (χ1) is 12.6. The van der Waals surface area contributed by atoms with E-state index in [9.17, 15) is 9.90 Å². The van der Waals surface area contributed by atoms with Gasteiger partial charge in [-0.3, -0.25) is 10.2 Å². The Kier molecular flexibility index (Phi) is 5.04. The first kappa shape index (κ1) is 17.3. The van der Waals surface area contributed by atoms with Gasteiger partial charge in [-0.05, 0) is 23.7 Å². The fraction of sp³-hybridized carbons (Fsp3) is 0.0625. The average Bonchev–Trinajstić information content (AvgIpc) is 3.02. The summed E-state index contributed by atoms with van der Waals surface area (Å²) < 4.78 is 3.81. The van der Waals surface area contributed by atoms with E-state index in [1.165, 1.54) is 12.4 Å². The number of aromatic nitrogens is 3. The van der Waals surface area contributed by atoms with Crippen LogP contribution in [0.25, 0.3) is 0 Å². The molecule has 0 bridgehead atoms. The van der Waals surface area contributed by atoms with Crippen LogP contribution in [0, 0.1) is 5.41 Å². The minimum atomic E-state index is -0.323. The molecule has 9 nitrogen and oxygen atoms in total. The topological polar surface area (TPSA) is 136 Å².